The second-order valence-corrected chi connectivity index (χ2v) is 4.41. The van der Waals surface area contributed by atoms with Crippen molar-refractivity contribution < 1.29 is 9.53 Å². The van der Waals surface area contributed by atoms with Gasteiger partial charge in [-0.15, -0.1) is 0 Å². The van der Waals surface area contributed by atoms with Crippen molar-refractivity contribution in [2.24, 2.45) is 0 Å². The molecule has 1 aliphatic heterocycles. The summed E-state index contributed by atoms with van der Waals surface area (Å²) in [5, 5.41) is 0. The fourth-order valence-electron chi connectivity index (χ4n) is 1.78. The maximum absolute atomic E-state index is 11.8. The number of hydrogen-bond acceptors (Lipinski definition) is 2. The molecule has 0 radical (unpaired) electrons. The summed E-state index contributed by atoms with van der Waals surface area (Å²) in [6, 6.07) is 7.69. The van der Waals surface area contributed by atoms with Gasteiger partial charge in [0, 0.05) is 11.8 Å². The fourth-order valence-corrected chi connectivity index (χ4v) is 1.78. The van der Waals surface area contributed by atoms with E-state index in [0.717, 1.165) is 5.56 Å². The van der Waals surface area contributed by atoms with Crippen molar-refractivity contribution in [2.75, 3.05) is 6.61 Å². The second-order valence-electron chi connectivity index (χ2n) is 4.41. The van der Waals surface area contributed by atoms with Gasteiger partial charge in [-0.05, 0) is 38.1 Å². The van der Waals surface area contributed by atoms with Gasteiger partial charge in [0.25, 0.3) is 0 Å². The normalized spacial score (nSPS) is 16.5. The number of allylic oxidation sites excluding steroid dienone is 2. The van der Waals surface area contributed by atoms with Crippen LogP contribution in [0.5, 0.6) is 0 Å². The summed E-state index contributed by atoms with van der Waals surface area (Å²) in [6.07, 6.45) is 6.85. The molecule has 1 unspecified atom stereocenters. The van der Waals surface area contributed by atoms with E-state index >= 15 is 0 Å². The molecule has 0 spiro atoms. The Bertz CT molecular complexity index is 588. The summed E-state index contributed by atoms with van der Waals surface area (Å²) in [5.41, 5.74) is 2.13. The maximum Gasteiger partial charge on any atom is 0.415 e. The van der Waals surface area contributed by atoms with E-state index in [4.69, 9.17) is 4.74 Å². The molecule has 1 amide bonds. The quantitative estimate of drug-likeness (QED) is 0.731. The van der Waals surface area contributed by atoms with Crippen LogP contribution >= 0.6 is 0 Å². The standard InChI is InChI=1S/C17H17NO2/c1-3-20-17(19)18-13-5-4-6-16(18)12-11-15-9-7-14(2)8-10-15/h4-10,13,16H,3H2,1-2H3. The number of benzene rings is 1. The van der Waals surface area contributed by atoms with Crippen molar-refractivity contribution in [1.29, 1.82) is 0 Å². The van der Waals surface area contributed by atoms with E-state index < -0.39 is 0 Å². The third kappa shape index (κ3) is 3.52. The molecule has 0 aromatic heterocycles. The van der Waals surface area contributed by atoms with Crippen molar-refractivity contribution >= 4 is 6.09 Å². The van der Waals surface area contributed by atoms with E-state index in [0.29, 0.717) is 6.61 Å². The number of ether oxygens (including phenoxy) is 1. The molecule has 0 fully saturated rings. The molecule has 0 bridgehead atoms. The molecule has 1 aromatic rings. The minimum atomic E-state index is -0.378. The molecule has 2 rings (SSSR count). The molecule has 1 aromatic carbocycles. The highest BCUT2D eigenvalue weighted by Gasteiger charge is 2.20. The lowest BCUT2D eigenvalue weighted by Gasteiger charge is -2.23. The fraction of sp³-hybridized carbons (Fsp3) is 0.235. The van der Waals surface area contributed by atoms with Gasteiger partial charge in [0.15, 0.2) is 0 Å². The largest absolute Gasteiger partial charge is 0.449 e. The van der Waals surface area contributed by atoms with Crippen LogP contribution < -0.4 is 0 Å². The smallest absolute Gasteiger partial charge is 0.415 e. The van der Waals surface area contributed by atoms with Gasteiger partial charge < -0.3 is 4.74 Å². The number of aryl methyl sites for hydroxylation is 1. The van der Waals surface area contributed by atoms with Crippen LogP contribution in [0.2, 0.25) is 0 Å². The lowest BCUT2D eigenvalue weighted by molar-refractivity contribution is 0.120. The first kappa shape index (κ1) is 14.0. The van der Waals surface area contributed by atoms with Crippen molar-refractivity contribution in [2.45, 2.75) is 19.9 Å². The lowest BCUT2D eigenvalue weighted by atomic mass is 10.1. The molecule has 0 aliphatic carbocycles. The van der Waals surface area contributed by atoms with Crippen molar-refractivity contribution in [1.82, 2.24) is 4.90 Å². The second kappa shape index (κ2) is 6.63. The van der Waals surface area contributed by atoms with Gasteiger partial charge in [0.2, 0.25) is 0 Å². The van der Waals surface area contributed by atoms with Gasteiger partial charge >= 0.3 is 6.09 Å². The van der Waals surface area contributed by atoms with E-state index in [2.05, 4.69) is 11.8 Å². The van der Waals surface area contributed by atoms with Crippen LogP contribution in [0.1, 0.15) is 18.1 Å². The molecule has 20 heavy (non-hydrogen) atoms. The number of amides is 1. The summed E-state index contributed by atoms with van der Waals surface area (Å²) in [4.78, 5) is 13.3. The zero-order chi connectivity index (χ0) is 14.4. The third-order valence-corrected chi connectivity index (χ3v) is 2.85. The molecule has 0 saturated carbocycles. The van der Waals surface area contributed by atoms with Crippen LogP contribution in [-0.4, -0.2) is 23.6 Å². The summed E-state index contributed by atoms with van der Waals surface area (Å²) in [5.74, 6) is 6.17. The van der Waals surface area contributed by atoms with Crippen LogP contribution in [0.3, 0.4) is 0 Å². The molecule has 102 valence electrons. The maximum atomic E-state index is 11.8. The van der Waals surface area contributed by atoms with Crippen LogP contribution in [0.15, 0.2) is 48.7 Å². The first-order valence-electron chi connectivity index (χ1n) is 6.59. The molecular weight excluding hydrogens is 250 g/mol. The molecule has 1 atom stereocenters. The average Bonchev–Trinajstić information content (AvgIpc) is 2.47. The molecular formula is C17H17NO2. The predicted octanol–water partition coefficient (Wildman–Crippen LogP) is 3.26. The Hall–Kier alpha value is -2.47. The van der Waals surface area contributed by atoms with E-state index in [1.54, 1.807) is 19.2 Å². The Kier molecular flexibility index (Phi) is 4.62. The Labute approximate surface area is 119 Å². The molecule has 3 nitrogen and oxygen atoms in total. The van der Waals surface area contributed by atoms with E-state index in [1.165, 1.54) is 10.5 Å². The zero-order valence-corrected chi connectivity index (χ0v) is 11.7. The Balaban J connectivity index is 2.14. The van der Waals surface area contributed by atoms with E-state index in [1.807, 2.05) is 43.3 Å². The van der Waals surface area contributed by atoms with Gasteiger partial charge in [-0.2, -0.15) is 0 Å². The minimum Gasteiger partial charge on any atom is -0.449 e. The molecule has 0 saturated heterocycles. The van der Waals surface area contributed by atoms with Crippen LogP contribution in [0, 0.1) is 18.8 Å². The molecule has 1 aliphatic rings. The van der Waals surface area contributed by atoms with Gasteiger partial charge in [-0.3, -0.25) is 4.90 Å². The van der Waals surface area contributed by atoms with E-state index in [9.17, 15) is 4.79 Å². The van der Waals surface area contributed by atoms with Crippen LogP contribution in [-0.2, 0) is 4.74 Å². The third-order valence-electron chi connectivity index (χ3n) is 2.85. The number of carbonyl (C=O) groups is 1. The molecule has 1 heterocycles. The topological polar surface area (TPSA) is 29.5 Å². The van der Waals surface area contributed by atoms with Gasteiger partial charge in [0.05, 0.1) is 6.61 Å². The Morgan fingerprint density at radius 2 is 2.05 bits per heavy atom. The highest BCUT2D eigenvalue weighted by Crippen LogP contribution is 2.10. The summed E-state index contributed by atoms with van der Waals surface area (Å²) < 4.78 is 5.01. The number of hydrogen-bond donors (Lipinski definition) is 0. The first-order chi connectivity index (χ1) is 9.70. The SMILES string of the molecule is CCOC(=O)N1C=CC=CC1C#Cc1ccc(C)cc1. The highest BCUT2D eigenvalue weighted by molar-refractivity contribution is 5.71. The van der Waals surface area contributed by atoms with Gasteiger partial charge in [-0.25, -0.2) is 4.79 Å². The van der Waals surface area contributed by atoms with Crippen LogP contribution in [0.4, 0.5) is 4.79 Å². The summed E-state index contributed by atoms with van der Waals surface area (Å²) in [6.45, 7) is 4.17. The predicted molar refractivity (Wildman–Crippen MR) is 79.0 cm³/mol. The molecule has 3 heteroatoms. The van der Waals surface area contributed by atoms with Crippen molar-refractivity contribution in [3.05, 3.63) is 59.8 Å². The number of rotatable bonds is 1. The summed E-state index contributed by atoms with van der Waals surface area (Å²) in [7, 11) is 0. The average molecular weight is 267 g/mol. The van der Waals surface area contributed by atoms with Crippen LogP contribution in [0.25, 0.3) is 0 Å². The van der Waals surface area contributed by atoms with Crippen molar-refractivity contribution in [3.8, 4) is 11.8 Å². The van der Waals surface area contributed by atoms with Gasteiger partial charge in [0.1, 0.15) is 6.04 Å². The van der Waals surface area contributed by atoms with E-state index in [-0.39, 0.29) is 12.1 Å². The highest BCUT2D eigenvalue weighted by atomic mass is 16.6. The Morgan fingerprint density at radius 1 is 1.30 bits per heavy atom. The number of nitrogens with zero attached hydrogens (tertiary/aromatic N) is 1. The molecule has 0 N–H and O–H groups in total. The minimum absolute atomic E-state index is 0.291. The van der Waals surface area contributed by atoms with Gasteiger partial charge in [-0.1, -0.05) is 35.6 Å². The number of carbonyl (C=O) groups excluding carboxylic acids is 1. The van der Waals surface area contributed by atoms with Crippen molar-refractivity contribution in [3.63, 3.8) is 0 Å². The summed E-state index contributed by atoms with van der Waals surface area (Å²) >= 11 is 0. The zero-order valence-electron chi connectivity index (χ0n) is 11.7. The first-order valence-corrected chi connectivity index (χ1v) is 6.59. The lowest BCUT2D eigenvalue weighted by Crippen LogP contribution is -2.35. The Morgan fingerprint density at radius 3 is 2.75 bits per heavy atom. The monoisotopic (exact) mass is 267 g/mol.